The molecule has 0 N–H and O–H groups in total. The zero-order valence-corrected chi connectivity index (χ0v) is 16.5. The Hall–Kier alpha value is -2.99. The van der Waals surface area contributed by atoms with E-state index < -0.39 is 0 Å². The number of aromatic nitrogens is 2. The van der Waals surface area contributed by atoms with Crippen molar-refractivity contribution in [2.45, 2.75) is 6.42 Å². The van der Waals surface area contributed by atoms with Crippen LogP contribution >= 0.6 is 11.6 Å². The summed E-state index contributed by atoms with van der Waals surface area (Å²) in [6, 6.07) is 17.4. The van der Waals surface area contributed by atoms with Crippen LogP contribution in [0.5, 0.6) is 0 Å². The van der Waals surface area contributed by atoms with Gasteiger partial charge in [-0.2, -0.15) is 0 Å². The van der Waals surface area contributed by atoms with Crippen molar-refractivity contribution in [1.82, 2.24) is 15.1 Å². The van der Waals surface area contributed by atoms with Crippen LogP contribution in [0.15, 0.2) is 60.7 Å². The van der Waals surface area contributed by atoms with Crippen LogP contribution in [0.4, 0.5) is 10.2 Å². The fraction of sp³-hybridized carbons (Fsp3) is 0.227. The number of carbonyl (C=O) groups is 1. The van der Waals surface area contributed by atoms with Gasteiger partial charge in [-0.3, -0.25) is 4.79 Å². The van der Waals surface area contributed by atoms with Crippen molar-refractivity contribution in [3.63, 3.8) is 0 Å². The number of hydrogen-bond acceptors (Lipinski definition) is 4. The summed E-state index contributed by atoms with van der Waals surface area (Å²) in [5, 5.41) is 9.30. The lowest BCUT2D eigenvalue weighted by Gasteiger charge is -2.35. The van der Waals surface area contributed by atoms with Crippen LogP contribution in [0.25, 0.3) is 11.3 Å². The summed E-state index contributed by atoms with van der Waals surface area (Å²) in [5.74, 6) is 0.541. The highest BCUT2D eigenvalue weighted by molar-refractivity contribution is 6.33. The molecule has 1 fully saturated rings. The van der Waals surface area contributed by atoms with Crippen molar-refractivity contribution in [2.24, 2.45) is 0 Å². The normalized spacial score (nSPS) is 14.1. The van der Waals surface area contributed by atoms with E-state index in [4.69, 9.17) is 11.6 Å². The third kappa shape index (κ3) is 4.54. The molecule has 0 spiro atoms. The summed E-state index contributed by atoms with van der Waals surface area (Å²) in [7, 11) is 0. The smallest absolute Gasteiger partial charge is 0.227 e. The number of nitrogens with zero attached hydrogens (tertiary/aromatic N) is 4. The summed E-state index contributed by atoms with van der Waals surface area (Å²) >= 11 is 6.22. The molecule has 0 bridgehead atoms. The Morgan fingerprint density at radius 3 is 2.31 bits per heavy atom. The van der Waals surface area contributed by atoms with E-state index in [-0.39, 0.29) is 18.1 Å². The number of anilines is 1. The third-order valence-electron chi connectivity index (χ3n) is 5.03. The quantitative estimate of drug-likeness (QED) is 0.656. The molecule has 29 heavy (non-hydrogen) atoms. The second-order valence-corrected chi connectivity index (χ2v) is 7.33. The molecule has 0 aliphatic carbocycles. The lowest BCUT2D eigenvalue weighted by atomic mass is 10.1. The van der Waals surface area contributed by atoms with E-state index in [1.165, 1.54) is 12.1 Å². The van der Waals surface area contributed by atoms with Gasteiger partial charge in [0.15, 0.2) is 5.82 Å². The summed E-state index contributed by atoms with van der Waals surface area (Å²) in [5.41, 5.74) is 2.40. The zero-order valence-electron chi connectivity index (χ0n) is 15.8. The molecule has 4 rings (SSSR count). The second kappa shape index (κ2) is 8.57. The molecule has 1 amide bonds. The number of piperazine rings is 1. The Morgan fingerprint density at radius 2 is 1.66 bits per heavy atom. The average molecular weight is 411 g/mol. The van der Waals surface area contributed by atoms with Crippen molar-refractivity contribution in [2.75, 3.05) is 31.1 Å². The van der Waals surface area contributed by atoms with Gasteiger partial charge < -0.3 is 9.80 Å². The van der Waals surface area contributed by atoms with E-state index >= 15 is 0 Å². The van der Waals surface area contributed by atoms with Crippen molar-refractivity contribution in [3.8, 4) is 11.3 Å². The SMILES string of the molecule is O=C(Cc1ccc(F)cc1)N1CCN(c2ccc(-c3ccccc3Cl)nn2)CC1. The third-order valence-corrected chi connectivity index (χ3v) is 5.35. The predicted molar refractivity (Wildman–Crippen MR) is 111 cm³/mol. The minimum absolute atomic E-state index is 0.0522. The van der Waals surface area contributed by atoms with E-state index in [2.05, 4.69) is 15.1 Å². The summed E-state index contributed by atoms with van der Waals surface area (Å²) in [6.45, 7) is 2.62. The van der Waals surface area contributed by atoms with Gasteiger partial charge in [0.1, 0.15) is 5.82 Å². The molecule has 7 heteroatoms. The molecule has 0 unspecified atom stereocenters. The van der Waals surface area contributed by atoms with Gasteiger partial charge in [0.2, 0.25) is 5.91 Å². The van der Waals surface area contributed by atoms with E-state index in [1.807, 2.05) is 41.3 Å². The molecule has 5 nitrogen and oxygen atoms in total. The maximum Gasteiger partial charge on any atom is 0.227 e. The standard InChI is InChI=1S/C22H20ClFN4O/c23-19-4-2-1-3-18(19)20-9-10-21(26-25-20)27-11-13-28(14-12-27)22(29)15-16-5-7-17(24)8-6-16/h1-10H,11-15H2. The molecule has 1 aliphatic rings. The molecule has 1 aromatic heterocycles. The van der Waals surface area contributed by atoms with Crippen LogP contribution in [0.2, 0.25) is 5.02 Å². The Bertz CT molecular complexity index is 986. The Morgan fingerprint density at radius 1 is 0.931 bits per heavy atom. The molecule has 2 aromatic carbocycles. The highest BCUT2D eigenvalue weighted by Gasteiger charge is 2.22. The van der Waals surface area contributed by atoms with Crippen LogP contribution in [-0.2, 0) is 11.2 Å². The topological polar surface area (TPSA) is 49.3 Å². The Labute approximate surface area is 173 Å². The van der Waals surface area contributed by atoms with E-state index in [9.17, 15) is 9.18 Å². The van der Waals surface area contributed by atoms with Gasteiger partial charge in [-0.25, -0.2) is 4.39 Å². The van der Waals surface area contributed by atoms with Gasteiger partial charge in [-0.1, -0.05) is 41.9 Å². The highest BCUT2D eigenvalue weighted by Crippen LogP contribution is 2.26. The molecule has 148 valence electrons. The van der Waals surface area contributed by atoms with Gasteiger partial charge in [0.05, 0.1) is 17.1 Å². The predicted octanol–water partition coefficient (Wildman–Crippen LogP) is 3.83. The number of rotatable bonds is 4. The molecule has 1 aliphatic heterocycles. The minimum atomic E-state index is -0.295. The van der Waals surface area contributed by atoms with E-state index in [0.717, 1.165) is 22.6 Å². The van der Waals surface area contributed by atoms with Crippen LogP contribution in [0, 0.1) is 5.82 Å². The van der Waals surface area contributed by atoms with Gasteiger partial charge in [0, 0.05) is 31.7 Å². The van der Waals surface area contributed by atoms with Crippen molar-refractivity contribution in [3.05, 3.63) is 77.1 Å². The molecule has 3 aromatic rings. The van der Waals surface area contributed by atoms with Crippen molar-refractivity contribution < 1.29 is 9.18 Å². The molecule has 2 heterocycles. The van der Waals surface area contributed by atoms with Crippen molar-refractivity contribution in [1.29, 1.82) is 0 Å². The van der Waals surface area contributed by atoms with Gasteiger partial charge in [-0.15, -0.1) is 10.2 Å². The molecular weight excluding hydrogens is 391 g/mol. The number of hydrogen-bond donors (Lipinski definition) is 0. The summed E-state index contributed by atoms with van der Waals surface area (Å²) < 4.78 is 13.0. The number of benzene rings is 2. The summed E-state index contributed by atoms with van der Waals surface area (Å²) in [6.07, 6.45) is 0.284. The molecule has 1 saturated heterocycles. The molecular formula is C22H20ClFN4O. The maximum atomic E-state index is 13.0. The van der Waals surface area contributed by atoms with E-state index in [0.29, 0.717) is 31.2 Å². The number of halogens is 2. The van der Waals surface area contributed by atoms with E-state index in [1.54, 1.807) is 12.1 Å². The van der Waals surface area contributed by atoms with Crippen LogP contribution in [-0.4, -0.2) is 47.2 Å². The van der Waals surface area contributed by atoms with Gasteiger partial charge in [-0.05, 0) is 35.9 Å². The molecule has 0 saturated carbocycles. The van der Waals surface area contributed by atoms with Gasteiger partial charge in [0.25, 0.3) is 0 Å². The van der Waals surface area contributed by atoms with Crippen LogP contribution < -0.4 is 4.90 Å². The van der Waals surface area contributed by atoms with Crippen LogP contribution in [0.3, 0.4) is 0 Å². The zero-order chi connectivity index (χ0) is 20.2. The summed E-state index contributed by atoms with van der Waals surface area (Å²) in [4.78, 5) is 16.5. The number of amides is 1. The minimum Gasteiger partial charge on any atom is -0.352 e. The first-order valence-corrected chi connectivity index (χ1v) is 9.84. The lowest BCUT2D eigenvalue weighted by Crippen LogP contribution is -2.49. The molecule has 0 radical (unpaired) electrons. The first kappa shape index (κ1) is 19.3. The van der Waals surface area contributed by atoms with Crippen LogP contribution in [0.1, 0.15) is 5.56 Å². The first-order chi connectivity index (χ1) is 14.1. The monoisotopic (exact) mass is 410 g/mol. The first-order valence-electron chi connectivity index (χ1n) is 9.46. The number of carbonyl (C=O) groups excluding carboxylic acids is 1. The van der Waals surface area contributed by atoms with Gasteiger partial charge >= 0.3 is 0 Å². The van der Waals surface area contributed by atoms with Crippen molar-refractivity contribution >= 4 is 23.3 Å². The Balaban J connectivity index is 1.35. The highest BCUT2D eigenvalue weighted by atomic mass is 35.5. The Kier molecular flexibility index (Phi) is 5.71. The average Bonchev–Trinajstić information content (AvgIpc) is 2.76. The second-order valence-electron chi connectivity index (χ2n) is 6.93. The fourth-order valence-corrected chi connectivity index (χ4v) is 3.61. The largest absolute Gasteiger partial charge is 0.352 e. The molecule has 0 atom stereocenters. The lowest BCUT2D eigenvalue weighted by molar-refractivity contribution is -0.130. The fourth-order valence-electron chi connectivity index (χ4n) is 3.38. The maximum absolute atomic E-state index is 13.0.